The molecule has 0 aliphatic heterocycles. The maximum atomic E-state index is 5.45. The summed E-state index contributed by atoms with van der Waals surface area (Å²) in [4.78, 5) is 0. The van der Waals surface area contributed by atoms with E-state index >= 15 is 0 Å². The van der Waals surface area contributed by atoms with Crippen LogP contribution in [0.15, 0.2) is 43.2 Å². The van der Waals surface area contributed by atoms with E-state index in [1.54, 1.807) is 12.4 Å². The van der Waals surface area contributed by atoms with Gasteiger partial charge in [0.15, 0.2) is 0 Å². The molecule has 1 aromatic heterocycles. The van der Waals surface area contributed by atoms with Gasteiger partial charge in [0.05, 0.1) is 6.04 Å². The van der Waals surface area contributed by atoms with Crippen molar-refractivity contribution in [2.45, 2.75) is 19.5 Å². The number of ether oxygens (including phenoxy) is 1. The SMILES string of the molecule is C=CCOc1ccc(CNC(C)c2nncn2C)cc1. The van der Waals surface area contributed by atoms with Crippen LogP contribution in [-0.4, -0.2) is 21.4 Å². The third kappa shape index (κ3) is 3.68. The van der Waals surface area contributed by atoms with Gasteiger partial charge in [-0.3, -0.25) is 0 Å². The zero-order valence-corrected chi connectivity index (χ0v) is 11.9. The molecular formula is C15H20N4O. The minimum atomic E-state index is 0.152. The molecule has 2 rings (SSSR count). The summed E-state index contributed by atoms with van der Waals surface area (Å²) >= 11 is 0. The van der Waals surface area contributed by atoms with Gasteiger partial charge in [-0.1, -0.05) is 24.8 Å². The Balaban J connectivity index is 1.87. The first-order valence-electron chi connectivity index (χ1n) is 6.60. The number of aryl methyl sites for hydroxylation is 1. The van der Waals surface area contributed by atoms with E-state index in [9.17, 15) is 0 Å². The molecule has 0 radical (unpaired) electrons. The lowest BCUT2D eigenvalue weighted by Crippen LogP contribution is -2.21. The molecule has 1 aromatic carbocycles. The van der Waals surface area contributed by atoms with E-state index < -0.39 is 0 Å². The summed E-state index contributed by atoms with van der Waals surface area (Å²) < 4.78 is 7.37. The van der Waals surface area contributed by atoms with Crippen LogP contribution < -0.4 is 10.1 Å². The van der Waals surface area contributed by atoms with Crippen LogP contribution in [-0.2, 0) is 13.6 Å². The van der Waals surface area contributed by atoms with Gasteiger partial charge >= 0.3 is 0 Å². The molecule has 106 valence electrons. The Hall–Kier alpha value is -2.14. The molecular weight excluding hydrogens is 252 g/mol. The second kappa shape index (κ2) is 6.86. The Morgan fingerprint density at radius 3 is 2.75 bits per heavy atom. The monoisotopic (exact) mass is 272 g/mol. The van der Waals surface area contributed by atoms with Gasteiger partial charge in [0.1, 0.15) is 24.5 Å². The smallest absolute Gasteiger partial charge is 0.149 e. The van der Waals surface area contributed by atoms with Crippen LogP contribution in [0.5, 0.6) is 5.75 Å². The molecule has 2 aromatic rings. The highest BCUT2D eigenvalue weighted by Gasteiger charge is 2.10. The molecule has 1 N–H and O–H groups in total. The molecule has 5 heteroatoms. The summed E-state index contributed by atoms with van der Waals surface area (Å²) in [6.45, 7) is 7.00. The molecule has 0 spiro atoms. The van der Waals surface area contributed by atoms with Gasteiger partial charge in [-0.25, -0.2) is 0 Å². The molecule has 0 saturated heterocycles. The van der Waals surface area contributed by atoms with Crippen LogP contribution in [0.4, 0.5) is 0 Å². The van der Waals surface area contributed by atoms with Crippen molar-refractivity contribution >= 4 is 0 Å². The Kier molecular flexibility index (Phi) is 4.90. The predicted octanol–water partition coefficient (Wildman–Crippen LogP) is 2.23. The van der Waals surface area contributed by atoms with Gasteiger partial charge in [-0.2, -0.15) is 0 Å². The van der Waals surface area contributed by atoms with E-state index in [1.807, 2.05) is 23.7 Å². The maximum Gasteiger partial charge on any atom is 0.149 e. The Morgan fingerprint density at radius 1 is 1.40 bits per heavy atom. The van der Waals surface area contributed by atoms with Crippen molar-refractivity contribution in [3.05, 3.63) is 54.6 Å². The van der Waals surface area contributed by atoms with Crippen molar-refractivity contribution < 1.29 is 4.74 Å². The Morgan fingerprint density at radius 2 is 2.15 bits per heavy atom. The molecule has 0 aliphatic carbocycles. The number of nitrogens with one attached hydrogen (secondary N) is 1. The van der Waals surface area contributed by atoms with Crippen LogP contribution in [0.3, 0.4) is 0 Å². The predicted molar refractivity (Wildman–Crippen MR) is 78.4 cm³/mol. The van der Waals surface area contributed by atoms with Crippen LogP contribution in [0, 0.1) is 0 Å². The topological polar surface area (TPSA) is 52.0 Å². The molecule has 1 heterocycles. The highest BCUT2D eigenvalue weighted by atomic mass is 16.5. The molecule has 0 amide bonds. The third-order valence-corrected chi connectivity index (χ3v) is 3.04. The average Bonchev–Trinajstić information content (AvgIpc) is 2.90. The first kappa shape index (κ1) is 14.3. The van der Waals surface area contributed by atoms with Gasteiger partial charge in [0.25, 0.3) is 0 Å². The minimum absolute atomic E-state index is 0.152. The number of hydrogen-bond acceptors (Lipinski definition) is 4. The normalized spacial score (nSPS) is 12.1. The number of nitrogens with zero attached hydrogens (tertiary/aromatic N) is 3. The van der Waals surface area contributed by atoms with Crippen molar-refractivity contribution in [1.82, 2.24) is 20.1 Å². The van der Waals surface area contributed by atoms with Crippen molar-refractivity contribution in [2.75, 3.05) is 6.61 Å². The van der Waals surface area contributed by atoms with Crippen molar-refractivity contribution in [2.24, 2.45) is 7.05 Å². The van der Waals surface area contributed by atoms with Crippen LogP contribution in [0.2, 0.25) is 0 Å². The summed E-state index contributed by atoms with van der Waals surface area (Å²) in [5, 5.41) is 11.4. The molecule has 1 atom stereocenters. The van der Waals surface area contributed by atoms with E-state index in [0.29, 0.717) is 6.61 Å². The Bertz CT molecular complexity index is 547. The largest absolute Gasteiger partial charge is 0.490 e. The molecule has 0 fully saturated rings. The van der Waals surface area contributed by atoms with E-state index in [4.69, 9.17) is 4.74 Å². The van der Waals surface area contributed by atoms with E-state index in [0.717, 1.165) is 18.1 Å². The highest BCUT2D eigenvalue weighted by Crippen LogP contribution is 2.13. The van der Waals surface area contributed by atoms with E-state index in [1.165, 1.54) is 5.56 Å². The van der Waals surface area contributed by atoms with Gasteiger partial charge < -0.3 is 14.6 Å². The van der Waals surface area contributed by atoms with Crippen molar-refractivity contribution in [3.8, 4) is 5.75 Å². The van der Waals surface area contributed by atoms with Crippen LogP contribution in [0.25, 0.3) is 0 Å². The summed E-state index contributed by atoms with van der Waals surface area (Å²) in [5.74, 6) is 1.78. The summed E-state index contributed by atoms with van der Waals surface area (Å²) in [6.07, 6.45) is 3.44. The lowest BCUT2D eigenvalue weighted by atomic mass is 10.2. The van der Waals surface area contributed by atoms with E-state index in [-0.39, 0.29) is 6.04 Å². The number of aromatic nitrogens is 3. The van der Waals surface area contributed by atoms with Crippen molar-refractivity contribution in [1.29, 1.82) is 0 Å². The number of benzene rings is 1. The lowest BCUT2D eigenvalue weighted by Gasteiger charge is -2.13. The second-order valence-electron chi connectivity index (χ2n) is 4.65. The number of hydrogen-bond donors (Lipinski definition) is 1. The van der Waals surface area contributed by atoms with Gasteiger partial charge in [0, 0.05) is 13.6 Å². The average molecular weight is 272 g/mol. The van der Waals surface area contributed by atoms with Crippen molar-refractivity contribution in [3.63, 3.8) is 0 Å². The fourth-order valence-corrected chi connectivity index (χ4v) is 1.91. The van der Waals surface area contributed by atoms with Crippen LogP contribution >= 0.6 is 0 Å². The summed E-state index contributed by atoms with van der Waals surface area (Å²) in [5.41, 5.74) is 1.20. The summed E-state index contributed by atoms with van der Waals surface area (Å²) in [6, 6.07) is 8.18. The molecule has 1 unspecified atom stereocenters. The zero-order chi connectivity index (χ0) is 14.4. The molecule has 5 nitrogen and oxygen atoms in total. The third-order valence-electron chi connectivity index (χ3n) is 3.04. The standard InChI is InChI=1S/C15H20N4O/c1-4-9-20-14-7-5-13(6-8-14)10-16-12(2)15-18-17-11-19(15)3/h4-8,11-12,16H,1,9-10H2,2-3H3. The highest BCUT2D eigenvalue weighted by molar-refractivity contribution is 5.27. The quantitative estimate of drug-likeness (QED) is 0.785. The van der Waals surface area contributed by atoms with E-state index in [2.05, 4.69) is 41.1 Å². The molecule has 0 saturated carbocycles. The van der Waals surface area contributed by atoms with Gasteiger partial charge in [-0.15, -0.1) is 10.2 Å². The fourth-order valence-electron chi connectivity index (χ4n) is 1.91. The Labute approximate surface area is 119 Å². The molecule has 0 bridgehead atoms. The summed E-state index contributed by atoms with van der Waals surface area (Å²) in [7, 11) is 1.94. The fraction of sp³-hybridized carbons (Fsp3) is 0.333. The maximum absolute atomic E-state index is 5.45. The molecule has 0 aliphatic rings. The van der Waals surface area contributed by atoms with Gasteiger partial charge in [-0.05, 0) is 24.6 Å². The number of rotatable bonds is 7. The second-order valence-corrected chi connectivity index (χ2v) is 4.65. The first-order valence-corrected chi connectivity index (χ1v) is 6.60. The minimum Gasteiger partial charge on any atom is -0.490 e. The molecule has 20 heavy (non-hydrogen) atoms. The lowest BCUT2D eigenvalue weighted by molar-refractivity contribution is 0.363. The van der Waals surface area contributed by atoms with Gasteiger partial charge in [0.2, 0.25) is 0 Å². The first-order chi connectivity index (χ1) is 9.70. The van der Waals surface area contributed by atoms with Crippen LogP contribution in [0.1, 0.15) is 24.4 Å². The zero-order valence-electron chi connectivity index (χ0n) is 11.9.